The lowest BCUT2D eigenvalue weighted by atomic mass is 10.1. The molecule has 1 aliphatic heterocycles. The van der Waals surface area contributed by atoms with Crippen LogP contribution < -0.4 is 5.32 Å². The molecule has 5 heteroatoms. The molecule has 1 N–H and O–H groups in total. The van der Waals surface area contributed by atoms with E-state index in [4.69, 9.17) is 4.74 Å². The largest absolute Gasteiger partial charge is 0.445 e. The van der Waals surface area contributed by atoms with Gasteiger partial charge in [0.1, 0.15) is 6.61 Å². The third-order valence-corrected chi connectivity index (χ3v) is 4.02. The Bertz CT molecular complexity index is 451. The zero-order valence-electron chi connectivity index (χ0n) is 13.1. The fraction of sp³-hybridized carbons (Fsp3) is 0.588. The maximum absolute atomic E-state index is 12.0. The highest BCUT2D eigenvalue weighted by Gasteiger charge is 2.29. The van der Waals surface area contributed by atoms with Crippen LogP contribution in [0.1, 0.15) is 24.8 Å². The highest BCUT2D eigenvalue weighted by atomic mass is 35.5. The van der Waals surface area contributed by atoms with Crippen LogP contribution in [-0.4, -0.2) is 43.1 Å². The van der Waals surface area contributed by atoms with E-state index in [1.807, 2.05) is 35.2 Å². The topological polar surface area (TPSA) is 41.6 Å². The quantitative estimate of drug-likeness (QED) is 0.845. The zero-order valence-corrected chi connectivity index (χ0v) is 13.9. The van der Waals surface area contributed by atoms with E-state index in [0.29, 0.717) is 12.5 Å². The number of halogens is 1. The average Bonchev–Trinajstić information content (AvgIpc) is 3.29. The highest BCUT2D eigenvalue weighted by molar-refractivity contribution is 6.15. The summed E-state index contributed by atoms with van der Waals surface area (Å²) < 4.78 is 5.36. The minimum absolute atomic E-state index is 0.178. The van der Waals surface area contributed by atoms with Crippen LogP contribution in [0.5, 0.6) is 0 Å². The van der Waals surface area contributed by atoms with Gasteiger partial charge in [0.25, 0.3) is 0 Å². The molecule has 1 heterocycles. The molecule has 3 rings (SSSR count). The summed E-state index contributed by atoms with van der Waals surface area (Å²) in [5.74, 6) is 0.583. The maximum atomic E-state index is 12.0. The van der Waals surface area contributed by atoms with Gasteiger partial charge in [-0.05, 0) is 37.3 Å². The summed E-state index contributed by atoms with van der Waals surface area (Å²) in [4.78, 5) is 13.8. The molecule has 4 nitrogen and oxygen atoms in total. The predicted molar refractivity (Wildman–Crippen MR) is 89.1 cm³/mol. The molecule has 2 aliphatic rings. The standard InChI is InChI=1S/C16H22N2O2.CH3Cl/c19-16(20-12-13-4-2-1-3-5-13)18-9-8-14(11-18)10-17-15-6-7-15;1-2/h1-5,14-15,17H,6-12H2;1H3/t14-;/m0./s1. The first-order valence-corrected chi connectivity index (χ1v) is 8.63. The maximum Gasteiger partial charge on any atom is 0.410 e. The number of carbonyl (C=O) groups is 1. The number of nitrogens with one attached hydrogen (secondary N) is 1. The Morgan fingerprint density at radius 1 is 1.27 bits per heavy atom. The molecule has 1 amide bonds. The van der Waals surface area contributed by atoms with Crippen LogP contribution in [0.25, 0.3) is 0 Å². The second-order valence-electron chi connectivity index (χ2n) is 5.82. The predicted octanol–water partition coefficient (Wildman–Crippen LogP) is 3.25. The fourth-order valence-corrected chi connectivity index (χ4v) is 2.60. The van der Waals surface area contributed by atoms with Crippen LogP contribution in [0, 0.1) is 5.92 Å². The number of benzene rings is 1. The van der Waals surface area contributed by atoms with Crippen LogP contribution in [0.3, 0.4) is 0 Å². The number of hydrogen-bond acceptors (Lipinski definition) is 3. The lowest BCUT2D eigenvalue weighted by Gasteiger charge is -2.16. The highest BCUT2D eigenvalue weighted by Crippen LogP contribution is 2.21. The first-order valence-electron chi connectivity index (χ1n) is 7.88. The summed E-state index contributed by atoms with van der Waals surface area (Å²) in [7, 11) is 0. The Morgan fingerprint density at radius 3 is 2.68 bits per heavy atom. The van der Waals surface area contributed by atoms with E-state index in [1.54, 1.807) is 0 Å². The molecule has 1 saturated carbocycles. The number of hydrogen-bond donors (Lipinski definition) is 1. The molecule has 22 heavy (non-hydrogen) atoms. The van der Waals surface area contributed by atoms with Gasteiger partial charge in [0.2, 0.25) is 0 Å². The van der Waals surface area contributed by atoms with Crippen molar-refractivity contribution in [1.82, 2.24) is 10.2 Å². The van der Waals surface area contributed by atoms with Crippen LogP contribution in [0.4, 0.5) is 4.79 Å². The second-order valence-corrected chi connectivity index (χ2v) is 5.82. The number of nitrogens with zero attached hydrogens (tertiary/aromatic N) is 1. The number of likely N-dealkylation sites (tertiary alicyclic amines) is 1. The minimum atomic E-state index is -0.178. The first-order chi connectivity index (χ1) is 10.8. The third-order valence-electron chi connectivity index (χ3n) is 4.02. The van der Waals surface area contributed by atoms with Crippen molar-refractivity contribution in [3.05, 3.63) is 35.9 Å². The van der Waals surface area contributed by atoms with Gasteiger partial charge in [-0.2, -0.15) is 0 Å². The van der Waals surface area contributed by atoms with Crippen molar-refractivity contribution < 1.29 is 9.53 Å². The van der Waals surface area contributed by atoms with Crippen molar-refractivity contribution in [2.75, 3.05) is 26.0 Å². The fourth-order valence-electron chi connectivity index (χ4n) is 2.60. The van der Waals surface area contributed by atoms with Crippen molar-refractivity contribution >= 4 is 17.7 Å². The molecule has 1 atom stereocenters. The van der Waals surface area contributed by atoms with E-state index in [-0.39, 0.29) is 6.09 Å². The van der Waals surface area contributed by atoms with E-state index in [9.17, 15) is 4.79 Å². The minimum Gasteiger partial charge on any atom is -0.445 e. The molecular weight excluding hydrogens is 300 g/mol. The lowest BCUT2D eigenvalue weighted by molar-refractivity contribution is 0.103. The molecular formula is C17H25ClN2O2. The van der Waals surface area contributed by atoms with E-state index in [2.05, 4.69) is 16.9 Å². The van der Waals surface area contributed by atoms with Gasteiger partial charge in [-0.15, -0.1) is 11.6 Å². The Morgan fingerprint density at radius 2 is 2.00 bits per heavy atom. The smallest absolute Gasteiger partial charge is 0.410 e. The molecule has 0 unspecified atom stereocenters. The Hall–Kier alpha value is -1.26. The van der Waals surface area contributed by atoms with Gasteiger partial charge in [0, 0.05) is 25.5 Å². The van der Waals surface area contributed by atoms with Gasteiger partial charge >= 0.3 is 6.09 Å². The number of carbonyl (C=O) groups excluding carboxylic acids is 1. The summed E-state index contributed by atoms with van der Waals surface area (Å²) >= 11 is 4.64. The summed E-state index contributed by atoms with van der Waals surface area (Å²) in [6.45, 7) is 3.05. The first kappa shape index (κ1) is 17.1. The molecule has 0 spiro atoms. The van der Waals surface area contributed by atoms with Gasteiger partial charge in [0.15, 0.2) is 0 Å². The molecule has 2 fully saturated rings. The SMILES string of the molecule is CCl.O=C(OCc1ccccc1)N1CC[C@@H](CNC2CC2)C1. The van der Waals surface area contributed by atoms with E-state index < -0.39 is 0 Å². The number of rotatable bonds is 5. The molecule has 122 valence electrons. The zero-order chi connectivity index (χ0) is 15.8. The Balaban J connectivity index is 0.000000847. The third kappa shape index (κ3) is 5.50. The number of alkyl halides is 1. The van der Waals surface area contributed by atoms with Gasteiger partial charge in [-0.3, -0.25) is 0 Å². The Kier molecular flexibility index (Phi) is 7.00. The van der Waals surface area contributed by atoms with E-state index in [0.717, 1.165) is 37.7 Å². The van der Waals surface area contributed by atoms with Crippen LogP contribution in [0.15, 0.2) is 30.3 Å². The van der Waals surface area contributed by atoms with Crippen LogP contribution >= 0.6 is 11.6 Å². The van der Waals surface area contributed by atoms with Gasteiger partial charge in [-0.25, -0.2) is 4.79 Å². The molecule has 0 radical (unpaired) electrons. The molecule has 0 aromatic heterocycles. The lowest BCUT2D eigenvalue weighted by Crippen LogP contribution is -2.31. The summed E-state index contributed by atoms with van der Waals surface area (Å²) in [5.41, 5.74) is 1.03. The van der Waals surface area contributed by atoms with Crippen molar-refractivity contribution in [3.8, 4) is 0 Å². The van der Waals surface area contributed by atoms with Crippen LogP contribution in [-0.2, 0) is 11.3 Å². The molecule has 1 aromatic carbocycles. The van der Waals surface area contributed by atoms with Crippen molar-refractivity contribution in [3.63, 3.8) is 0 Å². The molecule has 1 aliphatic carbocycles. The van der Waals surface area contributed by atoms with Crippen LogP contribution in [0.2, 0.25) is 0 Å². The average molecular weight is 325 g/mol. The summed E-state index contributed by atoms with van der Waals surface area (Å²) in [5, 5.41) is 3.54. The van der Waals surface area contributed by atoms with Crippen molar-refractivity contribution in [1.29, 1.82) is 0 Å². The van der Waals surface area contributed by atoms with Crippen molar-refractivity contribution in [2.45, 2.75) is 31.9 Å². The van der Waals surface area contributed by atoms with Crippen molar-refractivity contribution in [2.24, 2.45) is 5.92 Å². The monoisotopic (exact) mass is 324 g/mol. The molecule has 0 bridgehead atoms. The normalized spacial score (nSPS) is 20.3. The van der Waals surface area contributed by atoms with E-state index in [1.165, 1.54) is 19.2 Å². The summed E-state index contributed by atoms with van der Waals surface area (Å²) in [6, 6.07) is 10.6. The van der Waals surface area contributed by atoms with Gasteiger partial charge in [-0.1, -0.05) is 30.3 Å². The molecule has 1 aromatic rings. The van der Waals surface area contributed by atoms with E-state index >= 15 is 0 Å². The second kappa shape index (κ2) is 9.01. The summed E-state index contributed by atoms with van der Waals surface area (Å²) in [6.07, 6.45) is 5.01. The number of ether oxygens (including phenoxy) is 1. The molecule has 1 saturated heterocycles. The van der Waals surface area contributed by atoms with Gasteiger partial charge < -0.3 is 15.0 Å². The Labute approximate surface area is 137 Å². The number of amides is 1. The van der Waals surface area contributed by atoms with Gasteiger partial charge in [0.05, 0.1) is 0 Å².